The molecule has 4 nitrogen and oxygen atoms in total. The van der Waals surface area contributed by atoms with Gasteiger partial charge in [-0.2, -0.15) is 0 Å². The molecule has 3 N–H and O–H groups in total. The van der Waals surface area contributed by atoms with Gasteiger partial charge in [0.05, 0.1) is 6.04 Å². The predicted molar refractivity (Wildman–Crippen MR) is 86.9 cm³/mol. The molecule has 0 saturated heterocycles. The zero-order valence-electron chi connectivity index (χ0n) is 13.4. The molecular formula is C17H27N3O. The summed E-state index contributed by atoms with van der Waals surface area (Å²) in [6, 6.07) is 6.25. The first kappa shape index (κ1) is 15.8. The Hall–Kier alpha value is -1.55. The second kappa shape index (κ2) is 6.94. The number of nitrogen functional groups attached to an aromatic ring is 1. The molecule has 0 saturated carbocycles. The van der Waals surface area contributed by atoms with E-state index in [-0.39, 0.29) is 18.0 Å². The van der Waals surface area contributed by atoms with Crippen LogP contribution < -0.4 is 11.1 Å². The third kappa shape index (κ3) is 3.56. The average molecular weight is 289 g/mol. The number of hydrogen-bond donors (Lipinski definition) is 2. The van der Waals surface area contributed by atoms with E-state index >= 15 is 0 Å². The number of anilines is 1. The van der Waals surface area contributed by atoms with E-state index in [0.717, 1.165) is 38.0 Å². The van der Waals surface area contributed by atoms with Gasteiger partial charge in [0.2, 0.25) is 5.91 Å². The van der Waals surface area contributed by atoms with Gasteiger partial charge in [0, 0.05) is 24.8 Å². The van der Waals surface area contributed by atoms with Gasteiger partial charge in [-0.3, -0.25) is 9.69 Å². The van der Waals surface area contributed by atoms with E-state index in [0.29, 0.717) is 0 Å². The highest BCUT2D eigenvalue weighted by Crippen LogP contribution is 2.25. The Morgan fingerprint density at radius 1 is 1.38 bits per heavy atom. The molecule has 1 heterocycles. The van der Waals surface area contributed by atoms with Crippen LogP contribution in [0.3, 0.4) is 0 Å². The molecule has 0 radical (unpaired) electrons. The van der Waals surface area contributed by atoms with Crippen LogP contribution in [0.15, 0.2) is 18.2 Å². The van der Waals surface area contributed by atoms with Crippen molar-refractivity contribution in [1.82, 2.24) is 10.2 Å². The summed E-state index contributed by atoms with van der Waals surface area (Å²) in [5.41, 5.74) is 9.42. The van der Waals surface area contributed by atoms with Crippen molar-refractivity contribution in [2.24, 2.45) is 0 Å². The summed E-state index contributed by atoms with van der Waals surface area (Å²) in [7, 11) is 0. The van der Waals surface area contributed by atoms with E-state index in [9.17, 15) is 4.79 Å². The standard InChI is InChI=1S/C17H27N3O/c1-4-14(5-2)19-17(21)12(3)20-10-9-13-7-6-8-16(18)15(13)11-20/h6-8,12,14H,4-5,9-11,18H2,1-3H3,(H,19,21). The molecule has 0 aromatic heterocycles. The summed E-state index contributed by atoms with van der Waals surface area (Å²) in [5.74, 6) is 0.127. The molecule has 1 unspecified atom stereocenters. The van der Waals surface area contributed by atoms with Crippen LogP contribution in [0, 0.1) is 0 Å². The summed E-state index contributed by atoms with van der Waals surface area (Å²) in [6.45, 7) is 7.88. The van der Waals surface area contributed by atoms with Gasteiger partial charge in [-0.1, -0.05) is 26.0 Å². The van der Waals surface area contributed by atoms with Crippen LogP contribution in [-0.4, -0.2) is 29.4 Å². The molecule has 0 aliphatic carbocycles. The molecule has 1 aliphatic rings. The lowest BCUT2D eigenvalue weighted by atomic mass is 9.97. The number of hydrogen-bond acceptors (Lipinski definition) is 3. The van der Waals surface area contributed by atoms with E-state index in [1.54, 1.807) is 0 Å². The van der Waals surface area contributed by atoms with Crippen LogP contribution in [0.5, 0.6) is 0 Å². The number of fused-ring (bicyclic) bond motifs is 1. The van der Waals surface area contributed by atoms with Crippen LogP contribution in [0.1, 0.15) is 44.7 Å². The second-order valence-electron chi connectivity index (χ2n) is 5.90. The Labute approximate surface area is 127 Å². The van der Waals surface area contributed by atoms with Crippen LogP contribution in [-0.2, 0) is 17.8 Å². The summed E-state index contributed by atoms with van der Waals surface area (Å²) in [5, 5.41) is 3.14. The molecule has 1 aromatic rings. The predicted octanol–water partition coefficient (Wildman–Crippen LogP) is 2.32. The molecule has 116 valence electrons. The number of amides is 1. The zero-order valence-corrected chi connectivity index (χ0v) is 13.4. The van der Waals surface area contributed by atoms with Gasteiger partial charge in [-0.15, -0.1) is 0 Å². The van der Waals surface area contributed by atoms with Crippen LogP contribution in [0.2, 0.25) is 0 Å². The van der Waals surface area contributed by atoms with Gasteiger partial charge in [0.25, 0.3) is 0 Å². The van der Waals surface area contributed by atoms with Crippen LogP contribution in [0.25, 0.3) is 0 Å². The van der Waals surface area contributed by atoms with Crippen molar-refractivity contribution in [2.75, 3.05) is 12.3 Å². The molecule has 0 bridgehead atoms. The highest BCUT2D eigenvalue weighted by atomic mass is 16.2. The lowest BCUT2D eigenvalue weighted by molar-refractivity contribution is -0.127. The topological polar surface area (TPSA) is 58.4 Å². The van der Waals surface area contributed by atoms with Gasteiger partial charge < -0.3 is 11.1 Å². The number of rotatable bonds is 5. The fourth-order valence-electron chi connectivity index (χ4n) is 2.94. The summed E-state index contributed by atoms with van der Waals surface area (Å²) in [6.07, 6.45) is 2.92. The Morgan fingerprint density at radius 2 is 2.10 bits per heavy atom. The highest BCUT2D eigenvalue weighted by molar-refractivity contribution is 5.81. The molecule has 0 fully saturated rings. The number of carbonyl (C=O) groups is 1. The quantitative estimate of drug-likeness (QED) is 0.818. The largest absolute Gasteiger partial charge is 0.398 e. The van der Waals surface area contributed by atoms with E-state index < -0.39 is 0 Å². The number of carbonyl (C=O) groups excluding carboxylic acids is 1. The van der Waals surface area contributed by atoms with Crippen molar-refractivity contribution in [3.63, 3.8) is 0 Å². The first-order chi connectivity index (χ1) is 10.1. The Morgan fingerprint density at radius 3 is 2.76 bits per heavy atom. The van der Waals surface area contributed by atoms with Crippen LogP contribution in [0.4, 0.5) is 5.69 Å². The molecule has 1 aromatic carbocycles. The second-order valence-corrected chi connectivity index (χ2v) is 5.90. The van der Waals surface area contributed by atoms with Gasteiger partial charge in [-0.25, -0.2) is 0 Å². The Kier molecular flexibility index (Phi) is 5.23. The number of nitrogens with two attached hydrogens (primary N) is 1. The molecule has 0 spiro atoms. The maximum atomic E-state index is 12.4. The third-order valence-electron chi connectivity index (χ3n) is 4.60. The van der Waals surface area contributed by atoms with Crippen molar-refractivity contribution in [2.45, 2.75) is 58.7 Å². The highest BCUT2D eigenvalue weighted by Gasteiger charge is 2.26. The SMILES string of the molecule is CCC(CC)NC(=O)C(C)N1CCc2cccc(N)c2C1. The average Bonchev–Trinajstić information content (AvgIpc) is 2.51. The van der Waals surface area contributed by atoms with Crippen molar-refractivity contribution in [3.8, 4) is 0 Å². The minimum absolute atomic E-state index is 0.113. The van der Waals surface area contributed by atoms with Gasteiger partial charge in [-0.05, 0) is 43.4 Å². The monoisotopic (exact) mass is 289 g/mol. The van der Waals surface area contributed by atoms with Gasteiger partial charge in [0.15, 0.2) is 0 Å². The zero-order chi connectivity index (χ0) is 15.4. The minimum Gasteiger partial charge on any atom is -0.398 e. The fraction of sp³-hybridized carbons (Fsp3) is 0.588. The van der Waals surface area contributed by atoms with Crippen molar-refractivity contribution in [3.05, 3.63) is 29.3 Å². The van der Waals surface area contributed by atoms with Crippen molar-refractivity contribution in [1.29, 1.82) is 0 Å². The first-order valence-electron chi connectivity index (χ1n) is 7.97. The molecular weight excluding hydrogens is 262 g/mol. The molecule has 1 atom stereocenters. The normalized spacial score (nSPS) is 16.6. The van der Waals surface area contributed by atoms with Gasteiger partial charge >= 0.3 is 0 Å². The number of nitrogens with zero attached hydrogens (tertiary/aromatic N) is 1. The van der Waals surface area contributed by atoms with Crippen molar-refractivity contribution < 1.29 is 4.79 Å². The fourth-order valence-corrected chi connectivity index (χ4v) is 2.94. The first-order valence-corrected chi connectivity index (χ1v) is 7.97. The van der Waals surface area contributed by atoms with Crippen molar-refractivity contribution >= 4 is 11.6 Å². The summed E-state index contributed by atoms with van der Waals surface area (Å²) in [4.78, 5) is 14.6. The molecule has 1 aliphatic heterocycles. The molecule has 21 heavy (non-hydrogen) atoms. The van der Waals surface area contributed by atoms with E-state index in [4.69, 9.17) is 5.73 Å². The number of nitrogens with one attached hydrogen (secondary N) is 1. The van der Waals surface area contributed by atoms with E-state index in [1.807, 2.05) is 19.1 Å². The Balaban J connectivity index is 2.03. The van der Waals surface area contributed by atoms with Gasteiger partial charge in [0.1, 0.15) is 0 Å². The molecule has 1 amide bonds. The maximum absolute atomic E-state index is 12.4. The number of benzene rings is 1. The van der Waals surface area contributed by atoms with E-state index in [1.165, 1.54) is 11.1 Å². The maximum Gasteiger partial charge on any atom is 0.237 e. The molecule has 2 rings (SSSR count). The van der Waals surface area contributed by atoms with E-state index in [2.05, 4.69) is 30.1 Å². The smallest absolute Gasteiger partial charge is 0.237 e. The van der Waals surface area contributed by atoms with Crippen LogP contribution >= 0.6 is 0 Å². The minimum atomic E-state index is -0.113. The summed E-state index contributed by atoms with van der Waals surface area (Å²) >= 11 is 0. The summed E-state index contributed by atoms with van der Waals surface area (Å²) < 4.78 is 0. The lowest BCUT2D eigenvalue weighted by Crippen LogP contribution is -2.49. The molecule has 4 heteroatoms. The third-order valence-corrected chi connectivity index (χ3v) is 4.60. The lowest BCUT2D eigenvalue weighted by Gasteiger charge is -2.34. The Bertz CT molecular complexity index is 497.